The Hall–Kier alpha value is -1.88. The van der Waals surface area contributed by atoms with Crippen molar-refractivity contribution in [3.8, 4) is 0 Å². The van der Waals surface area contributed by atoms with Gasteiger partial charge in [0.2, 0.25) is 5.91 Å². The largest absolute Gasteiger partial charge is 0.481 e. The first-order valence-electron chi connectivity index (χ1n) is 7.35. The Morgan fingerprint density at radius 1 is 1.38 bits per heavy atom. The number of amides is 1. The molecular weight excluding hydrogens is 268 g/mol. The number of fused-ring (bicyclic) bond motifs is 2. The number of carboxylic acids is 1. The summed E-state index contributed by atoms with van der Waals surface area (Å²) in [5.41, 5.74) is 7.98. The van der Waals surface area contributed by atoms with Crippen molar-refractivity contribution in [3.63, 3.8) is 0 Å². The molecule has 21 heavy (non-hydrogen) atoms. The van der Waals surface area contributed by atoms with Crippen molar-refractivity contribution in [1.29, 1.82) is 0 Å². The van der Waals surface area contributed by atoms with Gasteiger partial charge in [0.1, 0.15) is 0 Å². The van der Waals surface area contributed by atoms with Crippen LogP contribution >= 0.6 is 0 Å². The number of aryl methyl sites for hydroxylation is 1. The molecule has 1 aromatic rings. The molecule has 0 spiro atoms. The molecule has 0 radical (unpaired) electrons. The molecule has 5 heteroatoms. The Kier molecular flexibility index (Phi) is 3.45. The zero-order chi connectivity index (χ0) is 15.1. The van der Waals surface area contributed by atoms with Gasteiger partial charge in [-0.1, -0.05) is 6.07 Å². The van der Waals surface area contributed by atoms with E-state index in [1.165, 1.54) is 0 Å². The van der Waals surface area contributed by atoms with Gasteiger partial charge in [0.25, 0.3) is 0 Å². The number of benzene rings is 1. The molecule has 1 amide bonds. The van der Waals surface area contributed by atoms with Gasteiger partial charge in [-0.3, -0.25) is 14.5 Å². The summed E-state index contributed by atoms with van der Waals surface area (Å²) >= 11 is 0. The van der Waals surface area contributed by atoms with Gasteiger partial charge in [0, 0.05) is 24.2 Å². The van der Waals surface area contributed by atoms with E-state index in [9.17, 15) is 14.7 Å². The summed E-state index contributed by atoms with van der Waals surface area (Å²) in [6.45, 7) is 2.72. The number of nitrogens with two attached hydrogens (primary N) is 1. The zero-order valence-electron chi connectivity index (χ0n) is 12.1. The summed E-state index contributed by atoms with van der Waals surface area (Å²) in [5, 5.41) is 9.29. The molecule has 3 unspecified atom stereocenters. The van der Waals surface area contributed by atoms with E-state index in [2.05, 4.69) is 4.90 Å². The number of hydrogen-bond acceptors (Lipinski definition) is 3. The van der Waals surface area contributed by atoms with Crippen LogP contribution in [0.4, 0.5) is 0 Å². The SMILES string of the molecule is Cc1cc(C(N)=O)ccc1CN1C2CCC1C(C(=O)O)C2. The first-order valence-corrected chi connectivity index (χ1v) is 7.35. The van der Waals surface area contributed by atoms with Crippen LogP contribution in [0.3, 0.4) is 0 Å². The number of primary amides is 1. The molecule has 0 aromatic heterocycles. The van der Waals surface area contributed by atoms with Crippen molar-refractivity contribution >= 4 is 11.9 Å². The molecule has 0 saturated carbocycles. The van der Waals surface area contributed by atoms with Crippen LogP contribution in [-0.2, 0) is 11.3 Å². The molecule has 3 N–H and O–H groups in total. The Morgan fingerprint density at radius 3 is 2.71 bits per heavy atom. The third kappa shape index (κ3) is 2.42. The van der Waals surface area contributed by atoms with Crippen LogP contribution in [0.15, 0.2) is 18.2 Å². The summed E-state index contributed by atoms with van der Waals surface area (Å²) in [7, 11) is 0. The summed E-state index contributed by atoms with van der Waals surface area (Å²) in [6, 6.07) is 6.03. The maximum atomic E-state index is 11.3. The number of hydrogen-bond donors (Lipinski definition) is 2. The van der Waals surface area contributed by atoms with Crippen molar-refractivity contribution in [2.24, 2.45) is 11.7 Å². The van der Waals surface area contributed by atoms with Crippen molar-refractivity contribution in [2.45, 2.75) is 44.8 Å². The van der Waals surface area contributed by atoms with Crippen molar-refractivity contribution in [3.05, 3.63) is 34.9 Å². The standard InChI is InChI=1S/C16H20N2O3/c1-9-6-10(15(17)19)2-3-11(9)8-18-12-4-5-14(18)13(7-12)16(20)21/h2-3,6,12-14H,4-5,7-8H2,1H3,(H2,17,19)(H,20,21). The van der Waals surface area contributed by atoms with Gasteiger partial charge in [0.15, 0.2) is 0 Å². The minimum Gasteiger partial charge on any atom is -0.481 e. The van der Waals surface area contributed by atoms with E-state index in [0.717, 1.165) is 36.9 Å². The van der Waals surface area contributed by atoms with Gasteiger partial charge in [0.05, 0.1) is 5.92 Å². The van der Waals surface area contributed by atoms with Gasteiger partial charge in [-0.15, -0.1) is 0 Å². The Morgan fingerprint density at radius 2 is 2.14 bits per heavy atom. The number of carboxylic acid groups (broad SMARTS) is 1. The van der Waals surface area contributed by atoms with E-state index < -0.39 is 11.9 Å². The molecule has 1 aromatic carbocycles. The molecule has 2 heterocycles. The Bertz CT molecular complexity index is 599. The smallest absolute Gasteiger partial charge is 0.308 e. The predicted octanol–water partition coefficient (Wildman–Crippen LogP) is 1.53. The fourth-order valence-electron chi connectivity index (χ4n) is 3.84. The monoisotopic (exact) mass is 288 g/mol. The van der Waals surface area contributed by atoms with Crippen LogP contribution in [0, 0.1) is 12.8 Å². The molecular formula is C16H20N2O3. The van der Waals surface area contributed by atoms with E-state index in [-0.39, 0.29) is 12.0 Å². The lowest BCUT2D eigenvalue weighted by molar-refractivity contribution is -0.142. The lowest BCUT2D eigenvalue weighted by Gasteiger charge is -2.23. The number of rotatable bonds is 4. The van der Waals surface area contributed by atoms with E-state index in [4.69, 9.17) is 5.73 Å². The molecule has 5 nitrogen and oxygen atoms in total. The summed E-state index contributed by atoms with van der Waals surface area (Å²) in [5.74, 6) is -1.32. The number of carbonyl (C=O) groups is 2. The average Bonchev–Trinajstić information content (AvgIpc) is 2.98. The summed E-state index contributed by atoms with van der Waals surface area (Å²) < 4.78 is 0. The van der Waals surface area contributed by atoms with Gasteiger partial charge in [-0.2, -0.15) is 0 Å². The summed E-state index contributed by atoms with van der Waals surface area (Å²) in [4.78, 5) is 24.8. The van der Waals surface area contributed by atoms with Crippen LogP contribution < -0.4 is 5.73 Å². The van der Waals surface area contributed by atoms with E-state index in [1.807, 2.05) is 19.1 Å². The molecule has 2 aliphatic rings. The van der Waals surface area contributed by atoms with Crippen LogP contribution in [0.2, 0.25) is 0 Å². The highest BCUT2D eigenvalue weighted by molar-refractivity contribution is 5.93. The maximum absolute atomic E-state index is 11.3. The van der Waals surface area contributed by atoms with Crippen molar-refractivity contribution < 1.29 is 14.7 Å². The zero-order valence-corrected chi connectivity index (χ0v) is 12.1. The first-order chi connectivity index (χ1) is 9.97. The molecule has 3 rings (SSSR count). The third-order valence-electron chi connectivity index (χ3n) is 4.98. The number of aliphatic carboxylic acids is 1. The molecule has 112 valence electrons. The van der Waals surface area contributed by atoms with Crippen LogP contribution in [0.5, 0.6) is 0 Å². The number of carbonyl (C=O) groups excluding carboxylic acids is 1. The summed E-state index contributed by atoms with van der Waals surface area (Å²) in [6.07, 6.45) is 2.82. The fourth-order valence-corrected chi connectivity index (χ4v) is 3.84. The van der Waals surface area contributed by atoms with Gasteiger partial charge < -0.3 is 10.8 Å². The Balaban J connectivity index is 1.79. The van der Waals surface area contributed by atoms with E-state index in [0.29, 0.717) is 11.6 Å². The van der Waals surface area contributed by atoms with E-state index in [1.54, 1.807) is 6.07 Å². The molecule has 3 atom stereocenters. The highest BCUT2D eigenvalue weighted by Crippen LogP contribution is 2.42. The molecule has 2 aliphatic heterocycles. The van der Waals surface area contributed by atoms with Gasteiger partial charge >= 0.3 is 5.97 Å². The third-order valence-corrected chi connectivity index (χ3v) is 4.98. The Labute approximate surface area is 123 Å². The van der Waals surface area contributed by atoms with Crippen LogP contribution in [0.1, 0.15) is 40.7 Å². The molecule has 0 aliphatic carbocycles. The average molecular weight is 288 g/mol. The minimum absolute atomic E-state index is 0.155. The van der Waals surface area contributed by atoms with Gasteiger partial charge in [-0.25, -0.2) is 0 Å². The predicted molar refractivity (Wildman–Crippen MR) is 77.8 cm³/mol. The molecule has 2 bridgehead atoms. The highest BCUT2D eigenvalue weighted by Gasteiger charge is 2.48. The van der Waals surface area contributed by atoms with Gasteiger partial charge in [-0.05, 0) is 49.4 Å². The molecule has 2 fully saturated rings. The second kappa shape index (κ2) is 5.15. The van der Waals surface area contributed by atoms with Crippen LogP contribution in [-0.4, -0.2) is 34.0 Å². The first kappa shape index (κ1) is 14.1. The fraction of sp³-hybridized carbons (Fsp3) is 0.500. The maximum Gasteiger partial charge on any atom is 0.308 e. The normalized spacial score (nSPS) is 28.0. The second-order valence-corrected chi connectivity index (χ2v) is 6.16. The lowest BCUT2D eigenvalue weighted by Crippen LogP contribution is -2.32. The second-order valence-electron chi connectivity index (χ2n) is 6.16. The minimum atomic E-state index is -0.673. The highest BCUT2D eigenvalue weighted by atomic mass is 16.4. The quantitative estimate of drug-likeness (QED) is 0.880. The van der Waals surface area contributed by atoms with Crippen LogP contribution in [0.25, 0.3) is 0 Å². The van der Waals surface area contributed by atoms with Crippen molar-refractivity contribution in [2.75, 3.05) is 0 Å². The number of nitrogens with zero attached hydrogens (tertiary/aromatic N) is 1. The topological polar surface area (TPSA) is 83.6 Å². The van der Waals surface area contributed by atoms with E-state index >= 15 is 0 Å². The lowest BCUT2D eigenvalue weighted by atomic mass is 9.89. The van der Waals surface area contributed by atoms with Crippen molar-refractivity contribution in [1.82, 2.24) is 4.90 Å². The molecule has 2 saturated heterocycles.